The van der Waals surface area contributed by atoms with Crippen molar-refractivity contribution in [1.29, 1.82) is 0 Å². The van der Waals surface area contributed by atoms with Gasteiger partial charge in [0.05, 0.1) is 0 Å². The Morgan fingerprint density at radius 1 is 0.900 bits per heavy atom. The molecule has 0 radical (unpaired) electrons. The molecule has 0 atom stereocenters. The van der Waals surface area contributed by atoms with Gasteiger partial charge in [0.1, 0.15) is 0 Å². The van der Waals surface area contributed by atoms with Crippen LogP contribution in [-0.2, 0) is 6.42 Å². The molecule has 0 saturated heterocycles. The molecule has 0 spiro atoms. The summed E-state index contributed by atoms with van der Waals surface area (Å²) in [6.07, 6.45) is 1.93. The number of rotatable bonds is 2. The van der Waals surface area contributed by atoms with E-state index in [1.165, 1.54) is 6.08 Å². The van der Waals surface area contributed by atoms with Gasteiger partial charge >= 0.3 is 0 Å². The third-order valence-electron chi connectivity index (χ3n) is 3.32. The first-order chi connectivity index (χ1) is 9.65. The van der Waals surface area contributed by atoms with Gasteiger partial charge < -0.3 is 0 Å². The molecule has 0 amide bonds. The smallest absolute Gasteiger partial charge is 0.190 e. The Morgan fingerprint density at radius 2 is 1.65 bits per heavy atom. The third kappa shape index (κ3) is 2.37. The second kappa shape index (κ2) is 5.17. The molecule has 2 nitrogen and oxygen atoms in total. The SMILES string of the molecule is O=C1C=C(Cc2cccc(Br)c2)C(=O)c2ccccc21. The highest BCUT2D eigenvalue weighted by molar-refractivity contribution is 9.10. The Morgan fingerprint density at radius 3 is 2.40 bits per heavy atom. The summed E-state index contributed by atoms with van der Waals surface area (Å²) in [5.74, 6) is -0.148. The van der Waals surface area contributed by atoms with Crippen molar-refractivity contribution in [3.63, 3.8) is 0 Å². The minimum atomic E-state index is -0.0924. The average molecular weight is 327 g/mol. The van der Waals surface area contributed by atoms with Crippen LogP contribution in [0.5, 0.6) is 0 Å². The summed E-state index contributed by atoms with van der Waals surface area (Å²) in [6.45, 7) is 0. The van der Waals surface area contributed by atoms with Crippen LogP contribution in [0.15, 0.2) is 64.7 Å². The number of ketones is 2. The van der Waals surface area contributed by atoms with Crippen LogP contribution in [0, 0.1) is 0 Å². The zero-order chi connectivity index (χ0) is 14.1. The Labute approximate surface area is 125 Å². The Hall–Kier alpha value is -2.00. The second-order valence-electron chi connectivity index (χ2n) is 4.72. The first-order valence-corrected chi connectivity index (χ1v) is 7.07. The fourth-order valence-electron chi connectivity index (χ4n) is 2.37. The highest BCUT2D eigenvalue weighted by atomic mass is 79.9. The predicted molar refractivity (Wildman–Crippen MR) is 81.0 cm³/mol. The molecule has 0 heterocycles. The Bertz CT molecular complexity index is 744. The summed E-state index contributed by atoms with van der Waals surface area (Å²) in [6, 6.07) is 14.7. The van der Waals surface area contributed by atoms with Crippen molar-refractivity contribution in [3.8, 4) is 0 Å². The van der Waals surface area contributed by atoms with Crippen LogP contribution in [-0.4, -0.2) is 11.6 Å². The third-order valence-corrected chi connectivity index (χ3v) is 3.81. The first kappa shape index (κ1) is 13.0. The van der Waals surface area contributed by atoms with Gasteiger partial charge in [0.15, 0.2) is 11.6 Å². The monoisotopic (exact) mass is 326 g/mol. The normalized spacial score (nSPS) is 13.9. The van der Waals surface area contributed by atoms with E-state index < -0.39 is 0 Å². The minimum Gasteiger partial charge on any atom is -0.289 e. The number of hydrogen-bond acceptors (Lipinski definition) is 2. The van der Waals surface area contributed by atoms with Crippen LogP contribution in [0.4, 0.5) is 0 Å². The van der Waals surface area contributed by atoms with Gasteiger partial charge in [-0.25, -0.2) is 0 Å². The summed E-state index contributed by atoms with van der Waals surface area (Å²) in [5, 5.41) is 0. The predicted octanol–water partition coefficient (Wildman–Crippen LogP) is 4.00. The fourth-order valence-corrected chi connectivity index (χ4v) is 2.82. The van der Waals surface area contributed by atoms with Crippen molar-refractivity contribution in [1.82, 2.24) is 0 Å². The molecule has 0 unspecified atom stereocenters. The molecule has 3 rings (SSSR count). The molecule has 0 aromatic heterocycles. The van der Waals surface area contributed by atoms with Crippen LogP contribution < -0.4 is 0 Å². The van der Waals surface area contributed by atoms with Gasteiger partial charge in [-0.05, 0) is 23.8 Å². The highest BCUT2D eigenvalue weighted by Crippen LogP contribution is 2.24. The molecule has 0 aliphatic heterocycles. The van der Waals surface area contributed by atoms with E-state index in [4.69, 9.17) is 0 Å². The average Bonchev–Trinajstić information content (AvgIpc) is 2.45. The number of carbonyl (C=O) groups is 2. The van der Waals surface area contributed by atoms with Gasteiger partial charge in [0, 0.05) is 27.6 Å². The molecule has 1 aliphatic rings. The molecule has 0 saturated carbocycles. The quantitative estimate of drug-likeness (QED) is 0.836. The van der Waals surface area contributed by atoms with Crippen molar-refractivity contribution in [2.24, 2.45) is 0 Å². The van der Waals surface area contributed by atoms with E-state index in [2.05, 4.69) is 15.9 Å². The van der Waals surface area contributed by atoms with Crippen LogP contribution in [0.1, 0.15) is 26.3 Å². The number of allylic oxidation sites excluding steroid dienone is 2. The largest absolute Gasteiger partial charge is 0.289 e. The van der Waals surface area contributed by atoms with Gasteiger partial charge in [0.25, 0.3) is 0 Å². The summed E-state index contributed by atoms with van der Waals surface area (Å²) >= 11 is 3.41. The number of fused-ring (bicyclic) bond motifs is 1. The number of benzene rings is 2. The maximum Gasteiger partial charge on any atom is 0.190 e. The lowest BCUT2D eigenvalue weighted by atomic mass is 9.87. The number of carbonyl (C=O) groups excluding carboxylic acids is 2. The molecule has 1 aliphatic carbocycles. The van der Waals surface area contributed by atoms with E-state index in [1.54, 1.807) is 24.3 Å². The fraction of sp³-hybridized carbons (Fsp3) is 0.0588. The second-order valence-corrected chi connectivity index (χ2v) is 5.63. The summed E-state index contributed by atoms with van der Waals surface area (Å²) in [7, 11) is 0. The molecule has 2 aromatic carbocycles. The molecule has 0 fully saturated rings. The standard InChI is InChI=1S/C17H11BrO2/c18-13-5-3-4-11(9-13)8-12-10-16(19)14-6-1-2-7-15(14)17(12)20/h1-7,9-10H,8H2. The van der Waals surface area contributed by atoms with E-state index in [1.807, 2.05) is 24.3 Å². The van der Waals surface area contributed by atoms with Gasteiger partial charge in [0.2, 0.25) is 0 Å². The van der Waals surface area contributed by atoms with Crippen LogP contribution in [0.25, 0.3) is 0 Å². The topological polar surface area (TPSA) is 34.1 Å². The molecule has 98 valence electrons. The Kier molecular flexibility index (Phi) is 3.36. The number of hydrogen-bond donors (Lipinski definition) is 0. The van der Waals surface area contributed by atoms with Crippen molar-refractivity contribution >= 4 is 27.5 Å². The van der Waals surface area contributed by atoms with Gasteiger partial charge in [-0.15, -0.1) is 0 Å². The van der Waals surface area contributed by atoms with E-state index in [-0.39, 0.29) is 11.6 Å². The van der Waals surface area contributed by atoms with Crippen LogP contribution >= 0.6 is 15.9 Å². The van der Waals surface area contributed by atoms with E-state index in [0.29, 0.717) is 23.1 Å². The van der Waals surface area contributed by atoms with Gasteiger partial charge in [-0.3, -0.25) is 9.59 Å². The lowest BCUT2D eigenvalue weighted by molar-refractivity contribution is 0.0982. The summed E-state index contributed by atoms with van der Waals surface area (Å²) < 4.78 is 0.964. The van der Waals surface area contributed by atoms with Crippen molar-refractivity contribution in [3.05, 3.63) is 81.3 Å². The van der Waals surface area contributed by atoms with Gasteiger partial charge in [-0.2, -0.15) is 0 Å². The zero-order valence-corrected chi connectivity index (χ0v) is 12.2. The molecule has 3 heteroatoms. The molecule has 0 bridgehead atoms. The first-order valence-electron chi connectivity index (χ1n) is 6.28. The zero-order valence-electron chi connectivity index (χ0n) is 10.6. The number of halogens is 1. The van der Waals surface area contributed by atoms with Gasteiger partial charge in [-0.1, -0.05) is 52.3 Å². The molecular weight excluding hydrogens is 316 g/mol. The Balaban J connectivity index is 1.96. The maximum absolute atomic E-state index is 12.4. The maximum atomic E-state index is 12.4. The van der Waals surface area contributed by atoms with Crippen LogP contribution in [0.3, 0.4) is 0 Å². The lowest BCUT2D eigenvalue weighted by Crippen LogP contribution is -2.18. The molecular formula is C17H11BrO2. The van der Waals surface area contributed by atoms with E-state index >= 15 is 0 Å². The lowest BCUT2D eigenvalue weighted by Gasteiger charge is -2.15. The number of Topliss-reactive ketones (excluding diaryl/α,β-unsaturated/α-hetero) is 1. The van der Waals surface area contributed by atoms with Crippen molar-refractivity contribution < 1.29 is 9.59 Å². The summed E-state index contributed by atoms with van der Waals surface area (Å²) in [5.41, 5.74) is 2.55. The summed E-state index contributed by atoms with van der Waals surface area (Å²) in [4.78, 5) is 24.5. The minimum absolute atomic E-state index is 0.0554. The highest BCUT2D eigenvalue weighted by Gasteiger charge is 2.24. The molecule has 2 aromatic rings. The van der Waals surface area contributed by atoms with Crippen LogP contribution in [0.2, 0.25) is 0 Å². The molecule has 0 N–H and O–H groups in total. The van der Waals surface area contributed by atoms with E-state index in [9.17, 15) is 9.59 Å². The van der Waals surface area contributed by atoms with Crippen molar-refractivity contribution in [2.75, 3.05) is 0 Å². The van der Waals surface area contributed by atoms with Crippen molar-refractivity contribution in [2.45, 2.75) is 6.42 Å². The molecule has 20 heavy (non-hydrogen) atoms. The van der Waals surface area contributed by atoms with E-state index in [0.717, 1.165) is 10.0 Å².